The lowest BCUT2D eigenvalue weighted by atomic mass is 10.2. The van der Waals surface area contributed by atoms with Gasteiger partial charge < -0.3 is 14.4 Å². The SMILES string of the molecule is COc1cc(OCCCN2CCCC2)ccc1-n1c(C)nc2cnccc2c1=O. The molecule has 1 aliphatic heterocycles. The Hall–Kier alpha value is -2.93. The van der Waals surface area contributed by atoms with Gasteiger partial charge in [0, 0.05) is 18.8 Å². The summed E-state index contributed by atoms with van der Waals surface area (Å²) in [5.74, 6) is 1.88. The van der Waals surface area contributed by atoms with E-state index in [4.69, 9.17) is 9.47 Å². The Balaban J connectivity index is 1.55. The first kappa shape index (κ1) is 19.4. The number of hydrogen-bond acceptors (Lipinski definition) is 6. The first-order valence-electron chi connectivity index (χ1n) is 10.0. The molecule has 0 aliphatic carbocycles. The molecule has 0 bridgehead atoms. The third kappa shape index (κ3) is 4.10. The van der Waals surface area contributed by atoms with Gasteiger partial charge in [-0.1, -0.05) is 0 Å². The van der Waals surface area contributed by atoms with Crippen LogP contribution in [0.2, 0.25) is 0 Å². The Morgan fingerprint density at radius 3 is 2.79 bits per heavy atom. The minimum atomic E-state index is -0.146. The fraction of sp³-hybridized carbons (Fsp3) is 0.409. The van der Waals surface area contributed by atoms with Crippen LogP contribution in [-0.2, 0) is 0 Å². The van der Waals surface area contributed by atoms with Crippen molar-refractivity contribution in [3.05, 3.63) is 52.8 Å². The molecule has 0 radical (unpaired) electrons. The smallest absolute Gasteiger partial charge is 0.266 e. The fourth-order valence-corrected chi connectivity index (χ4v) is 3.85. The molecule has 0 amide bonds. The number of pyridine rings is 1. The predicted molar refractivity (Wildman–Crippen MR) is 112 cm³/mol. The zero-order chi connectivity index (χ0) is 20.2. The molecule has 29 heavy (non-hydrogen) atoms. The van der Waals surface area contributed by atoms with Crippen LogP contribution in [0, 0.1) is 6.92 Å². The fourth-order valence-electron chi connectivity index (χ4n) is 3.85. The van der Waals surface area contributed by atoms with E-state index in [2.05, 4.69) is 14.9 Å². The van der Waals surface area contributed by atoms with E-state index in [0.29, 0.717) is 34.8 Å². The molecule has 0 spiro atoms. The second-order valence-electron chi connectivity index (χ2n) is 7.28. The first-order chi connectivity index (χ1) is 14.2. The van der Waals surface area contributed by atoms with Gasteiger partial charge in [-0.15, -0.1) is 0 Å². The number of benzene rings is 1. The third-order valence-electron chi connectivity index (χ3n) is 5.32. The van der Waals surface area contributed by atoms with Gasteiger partial charge in [0.25, 0.3) is 5.56 Å². The lowest BCUT2D eigenvalue weighted by molar-refractivity contribution is 0.262. The van der Waals surface area contributed by atoms with Crippen LogP contribution in [0.3, 0.4) is 0 Å². The Bertz CT molecular complexity index is 1060. The van der Waals surface area contributed by atoms with Gasteiger partial charge in [0.1, 0.15) is 17.3 Å². The minimum Gasteiger partial charge on any atom is -0.494 e. The van der Waals surface area contributed by atoms with Crippen LogP contribution >= 0.6 is 0 Å². The highest BCUT2D eigenvalue weighted by Gasteiger charge is 2.15. The zero-order valence-corrected chi connectivity index (χ0v) is 16.9. The van der Waals surface area contributed by atoms with Gasteiger partial charge in [-0.25, -0.2) is 4.98 Å². The Morgan fingerprint density at radius 1 is 1.17 bits per heavy atom. The van der Waals surface area contributed by atoms with Crippen molar-refractivity contribution in [1.82, 2.24) is 19.4 Å². The van der Waals surface area contributed by atoms with Gasteiger partial charge in [-0.05, 0) is 57.5 Å². The van der Waals surface area contributed by atoms with E-state index < -0.39 is 0 Å². The molecule has 2 aromatic heterocycles. The number of methoxy groups -OCH3 is 1. The molecule has 0 saturated carbocycles. The van der Waals surface area contributed by atoms with E-state index in [1.165, 1.54) is 25.9 Å². The molecule has 3 aromatic rings. The molecule has 4 rings (SSSR count). The average Bonchev–Trinajstić information content (AvgIpc) is 3.25. The van der Waals surface area contributed by atoms with Gasteiger partial charge in [-0.2, -0.15) is 0 Å². The molecule has 1 saturated heterocycles. The summed E-state index contributed by atoms with van der Waals surface area (Å²) in [5, 5.41) is 0.523. The number of ether oxygens (including phenoxy) is 2. The monoisotopic (exact) mass is 394 g/mol. The van der Waals surface area contributed by atoms with E-state index in [0.717, 1.165) is 18.7 Å². The molecular formula is C22H26N4O3. The van der Waals surface area contributed by atoms with Gasteiger partial charge >= 0.3 is 0 Å². The summed E-state index contributed by atoms with van der Waals surface area (Å²) >= 11 is 0. The summed E-state index contributed by atoms with van der Waals surface area (Å²) in [5.41, 5.74) is 1.08. The third-order valence-corrected chi connectivity index (χ3v) is 5.32. The highest BCUT2D eigenvalue weighted by molar-refractivity contribution is 5.76. The molecule has 7 nitrogen and oxygen atoms in total. The molecule has 3 heterocycles. The van der Waals surface area contributed by atoms with Crippen LogP contribution in [0.15, 0.2) is 41.5 Å². The average molecular weight is 394 g/mol. The van der Waals surface area contributed by atoms with Crippen LogP contribution in [0.4, 0.5) is 0 Å². The van der Waals surface area contributed by atoms with Crippen molar-refractivity contribution in [2.24, 2.45) is 0 Å². The molecule has 1 aromatic carbocycles. The quantitative estimate of drug-likeness (QED) is 0.574. The van der Waals surface area contributed by atoms with Crippen molar-refractivity contribution in [3.8, 4) is 17.2 Å². The summed E-state index contributed by atoms with van der Waals surface area (Å²) in [7, 11) is 1.59. The number of nitrogens with zero attached hydrogens (tertiary/aromatic N) is 4. The second-order valence-corrected chi connectivity index (χ2v) is 7.28. The van der Waals surface area contributed by atoms with Gasteiger partial charge in [-0.3, -0.25) is 14.3 Å². The molecular weight excluding hydrogens is 368 g/mol. The maximum Gasteiger partial charge on any atom is 0.266 e. The predicted octanol–water partition coefficient (Wildman–Crippen LogP) is 2.96. The van der Waals surface area contributed by atoms with E-state index in [1.54, 1.807) is 37.1 Å². The molecule has 1 fully saturated rings. The minimum absolute atomic E-state index is 0.146. The molecule has 1 aliphatic rings. The summed E-state index contributed by atoms with van der Waals surface area (Å²) < 4.78 is 13.0. The van der Waals surface area contributed by atoms with E-state index in [9.17, 15) is 4.79 Å². The van der Waals surface area contributed by atoms with Crippen LogP contribution in [0.25, 0.3) is 16.6 Å². The molecule has 7 heteroatoms. The van der Waals surface area contributed by atoms with E-state index >= 15 is 0 Å². The number of hydrogen-bond donors (Lipinski definition) is 0. The van der Waals surface area contributed by atoms with Crippen molar-refractivity contribution in [3.63, 3.8) is 0 Å². The van der Waals surface area contributed by atoms with E-state index in [1.807, 2.05) is 18.2 Å². The summed E-state index contributed by atoms with van der Waals surface area (Å²) in [6, 6.07) is 7.23. The lowest BCUT2D eigenvalue weighted by Crippen LogP contribution is -2.23. The summed E-state index contributed by atoms with van der Waals surface area (Å²) in [6.07, 6.45) is 6.80. The van der Waals surface area contributed by atoms with Gasteiger partial charge in [0.2, 0.25) is 0 Å². The topological polar surface area (TPSA) is 69.5 Å². The normalized spacial score (nSPS) is 14.4. The van der Waals surface area contributed by atoms with Crippen molar-refractivity contribution in [2.45, 2.75) is 26.2 Å². The highest BCUT2D eigenvalue weighted by atomic mass is 16.5. The number of aromatic nitrogens is 3. The first-order valence-corrected chi connectivity index (χ1v) is 10.0. The van der Waals surface area contributed by atoms with Gasteiger partial charge in [0.15, 0.2) is 0 Å². The van der Waals surface area contributed by atoms with Crippen LogP contribution in [-0.4, -0.2) is 52.8 Å². The molecule has 0 unspecified atom stereocenters. The Morgan fingerprint density at radius 2 is 2.00 bits per heavy atom. The number of rotatable bonds is 7. The maximum absolute atomic E-state index is 13.0. The summed E-state index contributed by atoms with van der Waals surface area (Å²) in [4.78, 5) is 24.1. The largest absolute Gasteiger partial charge is 0.494 e. The van der Waals surface area contributed by atoms with Gasteiger partial charge in [0.05, 0.1) is 36.5 Å². The van der Waals surface area contributed by atoms with Crippen molar-refractivity contribution >= 4 is 10.9 Å². The van der Waals surface area contributed by atoms with Crippen LogP contribution in [0.1, 0.15) is 25.1 Å². The zero-order valence-electron chi connectivity index (χ0n) is 16.9. The summed E-state index contributed by atoms with van der Waals surface area (Å²) in [6.45, 7) is 5.93. The molecule has 0 N–H and O–H groups in total. The van der Waals surface area contributed by atoms with Crippen molar-refractivity contribution in [1.29, 1.82) is 0 Å². The maximum atomic E-state index is 13.0. The number of fused-ring (bicyclic) bond motifs is 1. The van der Waals surface area contributed by atoms with E-state index in [-0.39, 0.29) is 5.56 Å². The standard InChI is InChI=1S/C22H26N4O3/c1-16-24-19-15-23-9-8-18(19)22(27)26(16)20-7-6-17(14-21(20)28-2)29-13-5-12-25-10-3-4-11-25/h6-9,14-15H,3-5,10-13H2,1-2H3. The molecule has 152 valence electrons. The van der Waals surface area contributed by atoms with Crippen LogP contribution in [0.5, 0.6) is 11.5 Å². The van der Waals surface area contributed by atoms with Crippen LogP contribution < -0.4 is 15.0 Å². The Kier molecular flexibility index (Phi) is 5.76. The Labute approximate surface area is 169 Å². The lowest BCUT2D eigenvalue weighted by Gasteiger charge is -2.16. The highest BCUT2D eigenvalue weighted by Crippen LogP contribution is 2.28. The second kappa shape index (κ2) is 8.61. The molecule has 0 atom stereocenters. The number of likely N-dealkylation sites (tertiary alicyclic amines) is 1. The van der Waals surface area contributed by atoms with Crippen molar-refractivity contribution in [2.75, 3.05) is 33.4 Å². The van der Waals surface area contributed by atoms with Crippen molar-refractivity contribution < 1.29 is 9.47 Å². The number of aryl methyl sites for hydroxylation is 1.